The minimum absolute atomic E-state index is 0.252. The van der Waals surface area contributed by atoms with Crippen molar-refractivity contribution in [3.63, 3.8) is 0 Å². The van der Waals surface area contributed by atoms with E-state index in [0.29, 0.717) is 12.1 Å². The lowest BCUT2D eigenvalue weighted by atomic mass is 10.2. The molecule has 5 heteroatoms. The summed E-state index contributed by atoms with van der Waals surface area (Å²) < 4.78 is 13.5. The van der Waals surface area contributed by atoms with Gasteiger partial charge in [-0.15, -0.1) is 11.3 Å². The van der Waals surface area contributed by atoms with Crippen molar-refractivity contribution in [1.82, 2.24) is 0 Å². The number of carboxylic acid groups (broad SMARTS) is 1. The molecular weight excluding hydrogens is 253 g/mol. The molecule has 18 heavy (non-hydrogen) atoms. The number of hydrogen-bond donors (Lipinski definition) is 1. The quantitative estimate of drug-likeness (QED) is 0.922. The predicted molar refractivity (Wildman–Crippen MR) is 69.8 cm³/mol. The third kappa shape index (κ3) is 2.68. The fraction of sp³-hybridized carbons (Fsp3) is 0.154. The zero-order valence-electron chi connectivity index (χ0n) is 9.76. The van der Waals surface area contributed by atoms with Gasteiger partial charge in [0.25, 0.3) is 0 Å². The molecule has 0 aliphatic carbocycles. The molecule has 2 aromatic rings. The molecule has 0 atom stereocenters. The predicted octanol–water partition coefficient (Wildman–Crippen LogP) is 3.22. The van der Waals surface area contributed by atoms with Gasteiger partial charge in [0.2, 0.25) is 0 Å². The highest BCUT2D eigenvalue weighted by atomic mass is 32.1. The summed E-state index contributed by atoms with van der Waals surface area (Å²) >= 11 is 1.17. The average Bonchev–Trinajstić information content (AvgIpc) is 2.81. The number of halogens is 1. The van der Waals surface area contributed by atoms with Crippen LogP contribution in [-0.4, -0.2) is 18.1 Å². The Hall–Kier alpha value is -1.88. The van der Waals surface area contributed by atoms with Crippen molar-refractivity contribution >= 4 is 23.0 Å². The third-order valence-electron chi connectivity index (χ3n) is 2.60. The number of anilines is 1. The van der Waals surface area contributed by atoms with E-state index in [1.807, 2.05) is 4.90 Å². The summed E-state index contributed by atoms with van der Waals surface area (Å²) in [7, 11) is 1.81. The Labute approximate surface area is 108 Å². The van der Waals surface area contributed by atoms with Crippen LogP contribution >= 0.6 is 11.3 Å². The summed E-state index contributed by atoms with van der Waals surface area (Å²) in [6, 6.07) is 8.15. The van der Waals surface area contributed by atoms with Gasteiger partial charge in [-0.3, -0.25) is 0 Å². The van der Waals surface area contributed by atoms with Crippen LogP contribution in [0.15, 0.2) is 35.7 Å². The monoisotopic (exact) mass is 265 g/mol. The summed E-state index contributed by atoms with van der Waals surface area (Å²) in [5.41, 5.74) is 1.36. The summed E-state index contributed by atoms with van der Waals surface area (Å²) in [5, 5.41) is 10.6. The second-order valence-electron chi connectivity index (χ2n) is 3.92. The fourth-order valence-corrected chi connectivity index (χ4v) is 2.40. The smallest absolute Gasteiger partial charge is 0.345 e. The van der Waals surface area contributed by atoms with Crippen LogP contribution in [0.25, 0.3) is 0 Å². The molecule has 1 heterocycles. The second kappa shape index (κ2) is 5.18. The molecule has 0 bridgehead atoms. The maximum Gasteiger partial charge on any atom is 0.345 e. The fourth-order valence-electron chi connectivity index (χ4n) is 1.61. The Bertz CT molecular complexity index is 568. The van der Waals surface area contributed by atoms with Crippen molar-refractivity contribution in [3.8, 4) is 0 Å². The lowest BCUT2D eigenvalue weighted by Crippen LogP contribution is -2.16. The number of aromatic carboxylic acids is 1. The van der Waals surface area contributed by atoms with E-state index in [9.17, 15) is 9.18 Å². The SMILES string of the molecule is CN(Cc1ccccc1F)c1csc(C(=O)O)c1. The Kier molecular flexibility index (Phi) is 3.62. The van der Waals surface area contributed by atoms with Gasteiger partial charge in [-0.05, 0) is 12.1 Å². The molecule has 0 spiro atoms. The molecular formula is C13H12FNO2S. The highest BCUT2D eigenvalue weighted by Gasteiger charge is 2.11. The van der Waals surface area contributed by atoms with Gasteiger partial charge in [0.05, 0.1) is 0 Å². The molecule has 0 aliphatic heterocycles. The van der Waals surface area contributed by atoms with Gasteiger partial charge in [0, 0.05) is 30.2 Å². The normalized spacial score (nSPS) is 10.3. The van der Waals surface area contributed by atoms with Crippen molar-refractivity contribution in [2.24, 2.45) is 0 Å². The van der Waals surface area contributed by atoms with E-state index in [2.05, 4.69) is 0 Å². The van der Waals surface area contributed by atoms with E-state index < -0.39 is 5.97 Å². The van der Waals surface area contributed by atoms with Gasteiger partial charge in [-0.25, -0.2) is 9.18 Å². The average molecular weight is 265 g/mol. The first-order valence-corrected chi connectivity index (χ1v) is 6.22. The van der Waals surface area contributed by atoms with Crippen molar-refractivity contribution < 1.29 is 14.3 Å². The molecule has 1 N–H and O–H groups in total. The standard InChI is InChI=1S/C13H12FNO2S/c1-15(7-9-4-2-3-5-11(9)14)10-6-12(13(16)17)18-8-10/h2-6,8H,7H2,1H3,(H,16,17). The van der Waals surface area contributed by atoms with Crippen LogP contribution in [0.5, 0.6) is 0 Å². The first-order valence-electron chi connectivity index (χ1n) is 5.34. The molecule has 0 fully saturated rings. The third-order valence-corrected chi connectivity index (χ3v) is 3.51. The van der Waals surface area contributed by atoms with Crippen LogP contribution < -0.4 is 4.90 Å². The Morgan fingerprint density at radius 3 is 2.78 bits per heavy atom. The maximum atomic E-state index is 13.5. The number of rotatable bonds is 4. The summed E-state index contributed by atoms with van der Waals surface area (Å²) in [6.45, 7) is 0.405. The van der Waals surface area contributed by atoms with Gasteiger partial charge in [0.1, 0.15) is 10.7 Å². The van der Waals surface area contributed by atoms with E-state index in [1.54, 1.807) is 36.7 Å². The van der Waals surface area contributed by atoms with Crippen molar-refractivity contribution in [1.29, 1.82) is 0 Å². The minimum atomic E-state index is -0.939. The number of nitrogens with zero attached hydrogens (tertiary/aromatic N) is 1. The molecule has 0 saturated heterocycles. The molecule has 3 nitrogen and oxygen atoms in total. The largest absolute Gasteiger partial charge is 0.477 e. The minimum Gasteiger partial charge on any atom is -0.477 e. The highest BCUT2D eigenvalue weighted by molar-refractivity contribution is 7.12. The topological polar surface area (TPSA) is 40.5 Å². The molecule has 1 aromatic heterocycles. The van der Waals surface area contributed by atoms with Crippen LogP contribution in [0.3, 0.4) is 0 Å². The van der Waals surface area contributed by atoms with Crippen LogP contribution in [0.2, 0.25) is 0 Å². The van der Waals surface area contributed by atoms with Gasteiger partial charge < -0.3 is 10.0 Å². The van der Waals surface area contributed by atoms with Gasteiger partial charge in [-0.1, -0.05) is 18.2 Å². The number of carbonyl (C=O) groups is 1. The van der Waals surface area contributed by atoms with E-state index in [4.69, 9.17) is 5.11 Å². The zero-order chi connectivity index (χ0) is 13.1. The van der Waals surface area contributed by atoms with E-state index in [-0.39, 0.29) is 10.7 Å². The number of thiophene rings is 1. The lowest BCUT2D eigenvalue weighted by molar-refractivity contribution is 0.0702. The maximum absolute atomic E-state index is 13.5. The number of benzene rings is 1. The highest BCUT2D eigenvalue weighted by Crippen LogP contribution is 2.24. The molecule has 0 radical (unpaired) electrons. The molecule has 0 unspecified atom stereocenters. The molecule has 1 aromatic carbocycles. The van der Waals surface area contributed by atoms with Crippen LogP contribution in [0, 0.1) is 5.82 Å². The van der Waals surface area contributed by atoms with Gasteiger partial charge >= 0.3 is 5.97 Å². The number of hydrogen-bond acceptors (Lipinski definition) is 3. The van der Waals surface area contributed by atoms with Crippen molar-refractivity contribution in [2.45, 2.75) is 6.54 Å². The first kappa shape index (κ1) is 12.6. The molecule has 0 aliphatic rings. The molecule has 0 saturated carbocycles. The summed E-state index contributed by atoms with van der Waals surface area (Å²) in [5.74, 6) is -1.19. The molecule has 94 valence electrons. The molecule has 2 rings (SSSR count). The van der Waals surface area contributed by atoms with Crippen LogP contribution in [0.4, 0.5) is 10.1 Å². The Morgan fingerprint density at radius 1 is 1.44 bits per heavy atom. The summed E-state index contributed by atoms with van der Waals surface area (Å²) in [6.07, 6.45) is 0. The van der Waals surface area contributed by atoms with Gasteiger partial charge in [-0.2, -0.15) is 0 Å². The zero-order valence-corrected chi connectivity index (χ0v) is 10.6. The molecule has 0 amide bonds. The van der Waals surface area contributed by atoms with Crippen molar-refractivity contribution in [3.05, 3.63) is 52.0 Å². The van der Waals surface area contributed by atoms with E-state index in [1.165, 1.54) is 17.4 Å². The Balaban J connectivity index is 2.14. The van der Waals surface area contributed by atoms with E-state index in [0.717, 1.165) is 5.69 Å². The Morgan fingerprint density at radius 2 is 2.17 bits per heavy atom. The second-order valence-corrected chi connectivity index (χ2v) is 4.83. The van der Waals surface area contributed by atoms with Crippen LogP contribution in [-0.2, 0) is 6.54 Å². The lowest BCUT2D eigenvalue weighted by Gasteiger charge is -2.17. The summed E-state index contributed by atoms with van der Waals surface area (Å²) in [4.78, 5) is 12.9. The van der Waals surface area contributed by atoms with Crippen LogP contribution in [0.1, 0.15) is 15.2 Å². The number of carboxylic acids is 1. The van der Waals surface area contributed by atoms with E-state index >= 15 is 0 Å². The first-order chi connectivity index (χ1) is 8.58. The van der Waals surface area contributed by atoms with Gasteiger partial charge in [0.15, 0.2) is 0 Å². The van der Waals surface area contributed by atoms with Crippen molar-refractivity contribution in [2.75, 3.05) is 11.9 Å².